The smallest absolute Gasteiger partial charge is 0.170 e. The van der Waals surface area contributed by atoms with E-state index in [9.17, 15) is 0 Å². The van der Waals surface area contributed by atoms with E-state index in [1.54, 1.807) is 18.3 Å². The lowest BCUT2D eigenvalue weighted by molar-refractivity contribution is 1.26. The van der Waals surface area contributed by atoms with Crippen LogP contribution in [0, 0.1) is 5.41 Å². The van der Waals surface area contributed by atoms with E-state index in [1.807, 2.05) is 6.07 Å². The first-order valence-corrected chi connectivity index (χ1v) is 2.81. The second kappa shape index (κ2) is 2.87. The molecule has 0 aromatic carbocycles. The van der Waals surface area contributed by atoms with Crippen LogP contribution in [-0.4, -0.2) is 17.5 Å². The number of hydrogen-bond donors (Lipinski definition) is 1. The summed E-state index contributed by atoms with van der Waals surface area (Å²) in [6.45, 7) is 3.22. The molecular formula is C7H7N3. The fourth-order valence-electron chi connectivity index (χ4n) is 0.584. The third-order valence-corrected chi connectivity index (χ3v) is 1.07. The second-order valence-corrected chi connectivity index (χ2v) is 1.72. The maximum Gasteiger partial charge on any atom is 0.170 e. The lowest BCUT2D eigenvalue weighted by Crippen LogP contribution is -1.95. The normalized spacial score (nSPS) is 8.80. The van der Waals surface area contributed by atoms with Gasteiger partial charge >= 0.3 is 0 Å². The molecule has 1 heterocycles. The molecule has 1 N–H and O–H groups in total. The number of rotatable bonds is 1. The Morgan fingerprint density at radius 2 is 2.40 bits per heavy atom. The number of nitrogens with one attached hydrogen (secondary N) is 1. The third-order valence-electron chi connectivity index (χ3n) is 1.07. The Morgan fingerprint density at radius 1 is 1.60 bits per heavy atom. The van der Waals surface area contributed by atoms with Crippen LogP contribution in [0.15, 0.2) is 29.4 Å². The van der Waals surface area contributed by atoms with E-state index in [-0.39, 0.29) is 5.84 Å². The molecule has 0 aliphatic rings. The fraction of sp³-hybridized carbons (Fsp3) is 0. The Hall–Kier alpha value is -1.51. The van der Waals surface area contributed by atoms with Crippen molar-refractivity contribution in [2.24, 2.45) is 4.99 Å². The summed E-state index contributed by atoms with van der Waals surface area (Å²) in [4.78, 5) is 7.32. The largest absolute Gasteiger partial charge is 0.281 e. The van der Waals surface area contributed by atoms with E-state index < -0.39 is 0 Å². The molecule has 0 saturated heterocycles. The summed E-state index contributed by atoms with van der Waals surface area (Å²) in [5, 5.41) is 7.19. The molecule has 0 fully saturated rings. The molecule has 3 nitrogen and oxygen atoms in total. The van der Waals surface area contributed by atoms with Gasteiger partial charge in [0.15, 0.2) is 5.84 Å². The van der Waals surface area contributed by atoms with Crippen LogP contribution in [0.3, 0.4) is 0 Å². The van der Waals surface area contributed by atoms with Gasteiger partial charge in [-0.05, 0) is 18.9 Å². The van der Waals surface area contributed by atoms with Crippen molar-refractivity contribution >= 4 is 12.6 Å². The summed E-state index contributed by atoms with van der Waals surface area (Å²) in [5.41, 5.74) is 0.553. The molecule has 3 heteroatoms. The van der Waals surface area contributed by atoms with E-state index in [2.05, 4.69) is 16.7 Å². The molecule has 0 unspecified atom stereocenters. The zero-order valence-corrected chi connectivity index (χ0v) is 5.41. The van der Waals surface area contributed by atoms with Crippen LogP contribution in [-0.2, 0) is 0 Å². The summed E-state index contributed by atoms with van der Waals surface area (Å²) in [5.74, 6) is 0.112. The highest BCUT2D eigenvalue weighted by molar-refractivity contribution is 5.97. The number of aromatic nitrogens is 1. The highest BCUT2D eigenvalue weighted by atomic mass is 14.8. The van der Waals surface area contributed by atoms with Crippen LogP contribution in [0.1, 0.15) is 5.69 Å². The van der Waals surface area contributed by atoms with Gasteiger partial charge < -0.3 is 0 Å². The lowest BCUT2D eigenvalue weighted by Gasteiger charge is -1.92. The van der Waals surface area contributed by atoms with Gasteiger partial charge in [-0.15, -0.1) is 0 Å². The minimum atomic E-state index is 0.112. The Balaban J connectivity index is 2.95. The number of nitrogens with zero attached hydrogens (tertiary/aromatic N) is 2. The first-order valence-electron chi connectivity index (χ1n) is 2.81. The standard InChI is InChI=1S/C7H7N3/c1-9-7(8)6-4-2-3-5-10-6/h2-5,8H,1H2. The Labute approximate surface area is 59.0 Å². The number of hydrogen-bond acceptors (Lipinski definition) is 2. The maximum absolute atomic E-state index is 7.19. The second-order valence-electron chi connectivity index (χ2n) is 1.72. The summed E-state index contributed by atoms with van der Waals surface area (Å²) in [6, 6.07) is 5.32. The average molecular weight is 133 g/mol. The van der Waals surface area contributed by atoms with Gasteiger partial charge in [-0.1, -0.05) is 6.07 Å². The van der Waals surface area contributed by atoms with Crippen LogP contribution in [0.5, 0.6) is 0 Å². The zero-order valence-electron chi connectivity index (χ0n) is 5.41. The zero-order chi connectivity index (χ0) is 7.40. The maximum atomic E-state index is 7.19. The van der Waals surface area contributed by atoms with Crippen molar-refractivity contribution in [3.63, 3.8) is 0 Å². The quantitative estimate of drug-likeness (QED) is 0.452. The summed E-state index contributed by atoms with van der Waals surface area (Å²) >= 11 is 0. The van der Waals surface area contributed by atoms with Gasteiger partial charge in [-0.3, -0.25) is 10.4 Å². The van der Waals surface area contributed by atoms with Crippen molar-refractivity contribution in [2.75, 3.05) is 0 Å². The monoisotopic (exact) mass is 133 g/mol. The summed E-state index contributed by atoms with van der Waals surface area (Å²) in [6.07, 6.45) is 1.62. The SMILES string of the molecule is C=NC(=N)c1ccccn1. The van der Waals surface area contributed by atoms with Gasteiger partial charge in [0, 0.05) is 6.20 Å². The molecular weight excluding hydrogens is 126 g/mol. The molecule has 1 aromatic heterocycles. The molecule has 1 aromatic rings. The predicted octanol–water partition coefficient (Wildman–Crippen LogP) is 1.11. The highest BCUT2D eigenvalue weighted by Gasteiger charge is 1.94. The topological polar surface area (TPSA) is 49.1 Å². The van der Waals surface area contributed by atoms with Gasteiger partial charge in [0.05, 0.1) is 0 Å². The number of pyridine rings is 1. The van der Waals surface area contributed by atoms with Crippen LogP contribution in [0.2, 0.25) is 0 Å². The van der Waals surface area contributed by atoms with Crippen molar-refractivity contribution in [3.05, 3.63) is 30.1 Å². The highest BCUT2D eigenvalue weighted by Crippen LogP contribution is 1.93. The first kappa shape index (κ1) is 6.61. The molecule has 0 spiro atoms. The molecule has 0 aliphatic heterocycles. The lowest BCUT2D eigenvalue weighted by atomic mass is 10.3. The molecule has 1 rings (SSSR count). The van der Waals surface area contributed by atoms with E-state index in [0.29, 0.717) is 5.69 Å². The minimum absolute atomic E-state index is 0.112. The van der Waals surface area contributed by atoms with Gasteiger partial charge in [-0.2, -0.15) is 0 Å². The van der Waals surface area contributed by atoms with Crippen molar-refractivity contribution in [1.29, 1.82) is 5.41 Å². The molecule has 0 atom stereocenters. The molecule has 0 radical (unpaired) electrons. The molecule has 50 valence electrons. The van der Waals surface area contributed by atoms with Crippen molar-refractivity contribution in [3.8, 4) is 0 Å². The Kier molecular flexibility index (Phi) is 1.89. The number of aliphatic imine (C=N–C) groups is 1. The van der Waals surface area contributed by atoms with Crippen LogP contribution < -0.4 is 0 Å². The van der Waals surface area contributed by atoms with Crippen molar-refractivity contribution < 1.29 is 0 Å². The van der Waals surface area contributed by atoms with E-state index in [1.165, 1.54) is 0 Å². The minimum Gasteiger partial charge on any atom is -0.281 e. The Bertz CT molecular complexity index is 240. The summed E-state index contributed by atoms with van der Waals surface area (Å²) in [7, 11) is 0. The third kappa shape index (κ3) is 1.25. The van der Waals surface area contributed by atoms with E-state index in [4.69, 9.17) is 5.41 Å². The molecule has 0 bridgehead atoms. The van der Waals surface area contributed by atoms with Gasteiger partial charge in [0.25, 0.3) is 0 Å². The molecule has 0 saturated carbocycles. The molecule has 0 amide bonds. The predicted molar refractivity (Wildman–Crippen MR) is 40.6 cm³/mol. The van der Waals surface area contributed by atoms with Crippen molar-refractivity contribution in [1.82, 2.24) is 4.98 Å². The van der Waals surface area contributed by atoms with Crippen LogP contribution in [0.25, 0.3) is 0 Å². The van der Waals surface area contributed by atoms with Gasteiger partial charge in [0.2, 0.25) is 0 Å². The Morgan fingerprint density at radius 3 is 2.90 bits per heavy atom. The fourth-order valence-corrected chi connectivity index (χ4v) is 0.584. The molecule has 0 aliphatic carbocycles. The molecule has 10 heavy (non-hydrogen) atoms. The van der Waals surface area contributed by atoms with Crippen LogP contribution in [0.4, 0.5) is 0 Å². The average Bonchev–Trinajstić information content (AvgIpc) is 2.05. The van der Waals surface area contributed by atoms with Gasteiger partial charge in [-0.25, -0.2) is 4.99 Å². The van der Waals surface area contributed by atoms with Gasteiger partial charge in [0.1, 0.15) is 5.69 Å². The van der Waals surface area contributed by atoms with Crippen LogP contribution >= 0.6 is 0 Å². The van der Waals surface area contributed by atoms with Crippen molar-refractivity contribution in [2.45, 2.75) is 0 Å². The number of amidine groups is 1. The van der Waals surface area contributed by atoms with E-state index in [0.717, 1.165) is 0 Å². The van der Waals surface area contributed by atoms with E-state index >= 15 is 0 Å². The summed E-state index contributed by atoms with van der Waals surface area (Å²) < 4.78 is 0. The first-order chi connectivity index (χ1) is 4.84.